The minimum absolute atomic E-state index is 0.0703. The largest absolute Gasteiger partial charge is 0.508 e. The van der Waals surface area contributed by atoms with E-state index in [1.807, 2.05) is 13.8 Å². The predicted molar refractivity (Wildman–Crippen MR) is 95.9 cm³/mol. The van der Waals surface area contributed by atoms with Crippen LogP contribution in [0.25, 0.3) is 0 Å². The standard InChI is InChI=1S/C17H26N2O5S/c1-3-6-14(7-4-2)25(23,24)11-17(19,16(18)22)15(21)12-8-5-9-13(20)10-12/h5,8-10,14,20H,3-4,6-7,11,19H2,1-2H3,(H2,18,22)/t17-/m1/s1. The summed E-state index contributed by atoms with van der Waals surface area (Å²) < 4.78 is 25.5. The van der Waals surface area contributed by atoms with E-state index in [-0.39, 0.29) is 11.3 Å². The first kappa shape index (κ1) is 21.1. The summed E-state index contributed by atoms with van der Waals surface area (Å²) >= 11 is 0. The van der Waals surface area contributed by atoms with E-state index in [0.717, 1.165) is 6.07 Å². The Balaban J connectivity index is 3.25. The number of nitrogens with two attached hydrogens (primary N) is 2. The first-order valence-electron chi connectivity index (χ1n) is 8.22. The Morgan fingerprint density at radius 2 is 1.76 bits per heavy atom. The molecule has 0 aliphatic rings. The molecule has 0 aliphatic carbocycles. The summed E-state index contributed by atoms with van der Waals surface area (Å²) in [5, 5.41) is 8.82. The average Bonchev–Trinajstić information content (AvgIpc) is 2.53. The fourth-order valence-electron chi connectivity index (χ4n) is 2.74. The molecule has 7 nitrogen and oxygen atoms in total. The molecule has 8 heteroatoms. The quantitative estimate of drug-likeness (QED) is 0.417. The summed E-state index contributed by atoms with van der Waals surface area (Å²) in [7, 11) is -3.82. The SMILES string of the molecule is CCCC(CCC)S(=O)(=O)C[C@](N)(C(N)=O)C(=O)c1cccc(O)c1. The number of ketones is 1. The van der Waals surface area contributed by atoms with Gasteiger partial charge in [0.15, 0.2) is 21.2 Å². The van der Waals surface area contributed by atoms with E-state index >= 15 is 0 Å². The lowest BCUT2D eigenvalue weighted by Crippen LogP contribution is -2.63. The Labute approximate surface area is 148 Å². The van der Waals surface area contributed by atoms with Crippen LogP contribution in [0.5, 0.6) is 5.75 Å². The fraction of sp³-hybridized carbons (Fsp3) is 0.529. The first-order chi connectivity index (χ1) is 11.6. The predicted octanol–water partition coefficient (Wildman–Crippen LogP) is 1.14. The van der Waals surface area contributed by atoms with Gasteiger partial charge in [-0.25, -0.2) is 8.42 Å². The number of carbonyl (C=O) groups excluding carboxylic acids is 2. The minimum Gasteiger partial charge on any atom is -0.508 e. The van der Waals surface area contributed by atoms with E-state index in [9.17, 15) is 23.1 Å². The molecule has 1 amide bonds. The Morgan fingerprint density at radius 3 is 2.20 bits per heavy atom. The molecule has 0 saturated carbocycles. The molecule has 0 heterocycles. The van der Waals surface area contributed by atoms with E-state index in [1.54, 1.807) is 0 Å². The van der Waals surface area contributed by atoms with Gasteiger partial charge >= 0.3 is 0 Å². The lowest BCUT2D eigenvalue weighted by molar-refractivity contribution is -0.120. The average molecular weight is 370 g/mol. The molecule has 0 saturated heterocycles. The van der Waals surface area contributed by atoms with Crippen molar-refractivity contribution in [3.8, 4) is 5.75 Å². The van der Waals surface area contributed by atoms with Crippen LogP contribution in [0, 0.1) is 0 Å². The topological polar surface area (TPSA) is 141 Å². The van der Waals surface area contributed by atoms with Gasteiger partial charge in [0, 0.05) is 5.56 Å². The van der Waals surface area contributed by atoms with E-state index in [1.165, 1.54) is 18.2 Å². The molecule has 140 valence electrons. The number of hydrogen-bond donors (Lipinski definition) is 3. The van der Waals surface area contributed by atoms with E-state index in [2.05, 4.69) is 0 Å². The fourth-order valence-corrected chi connectivity index (χ4v) is 5.07. The molecule has 0 spiro atoms. The molecule has 5 N–H and O–H groups in total. The van der Waals surface area contributed by atoms with Crippen LogP contribution >= 0.6 is 0 Å². The number of benzene rings is 1. The number of primary amides is 1. The van der Waals surface area contributed by atoms with Crippen molar-refractivity contribution in [2.24, 2.45) is 11.5 Å². The van der Waals surface area contributed by atoms with Crippen LogP contribution in [0.15, 0.2) is 24.3 Å². The maximum Gasteiger partial charge on any atom is 0.246 e. The van der Waals surface area contributed by atoms with Crippen molar-refractivity contribution in [3.63, 3.8) is 0 Å². The van der Waals surface area contributed by atoms with E-state index in [0.29, 0.717) is 25.7 Å². The molecule has 1 aromatic carbocycles. The van der Waals surface area contributed by atoms with Crippen LogP contribution in [0.2, 0.25) is 0 Å². The highest BCUT2D eigenvalue weighted by atomic mass is 32.2. The van der Waals surface area contributed by atoms with Crippen LogP contribution < -0.4 is 11.5 Å². The normalized spacial score (nSPS) is 14.2. The summed E-state index contributed by atoms with van der Waals surface area (Å²) in [4.78, 5) is 24.6. The monoisotopic (exact) mass is 370 g/mol. The third-order valence-corrected chi connectivity index (χ3v) is 6.46. The van der Waals surface area contributed by atoms with Gasteiger partial charge in [0.2, 0.25) is 5.91 Å². The van der Waals surface area contributed by atoms with Gasteiger partial charge < -0.3 is 16.6 Å². The molecule has 0 bridgehead atoms. The van der Waals surface area contributed by atoms with Gasteiger partial charge in [-0.1, -0.05) is 38.8 Å². The molecular weight excluding hydrogens is 344 g/mol. The second-order valence-electron chi connectivity index (χ2n) is 6.22. The molecule has 1 atom stereocenters. The number of carbonyl (C=O) groups is 2. The van der Waals surface area contributed by atoms with Gasteiger partial charge in [0.25, 0.3) is 0 Å². The third kappa shape index (κ3) is 5.02. The molecule has 1 rings (SSSR count). The summed E-state index contributed by atoms with van der Waals surface area (Å²) in [6.45, 7) is 3.72. The Bertz CT molecular complexity index is 726. The maximum absolute atomic E-state index is 12.7. The summed E-state index contributed by atoms with van der Waals surface area (Å²) in [5.41, 5.74) is 8.74. The highest BCUT2D eigenvalue weighted by Gasteiger charge is 2.46. The molecule has 0 fully saturated rings. The third-order valence-electron chi connectivity index (χ3n) is 4.11. The Hall–Kier alpha value is -1.93. The number of Topliss-reactive ketones (excluding diaryl/α,β-unsaturated/α-hetero) is 1. The lowest BCUT2D eigenvalue weighted by Gasteiger charge is -2.27. The van der Waals surface area contributed by atoms with E-state index in [4.69, 9.17) is 11.5 Å². The van der Waals surface area contributed by atoms with Crippen LogP contribution in [0.4, 0.5) is 0 Å². The zero-order valence-corrected chi connectivity index (χ0v) is 15.4. The molecular formula is C17H26N2O5S. The van der Waals surface area contributed by atoms with Gasteiger partial charge in [-0.05, 0) is 25.0 Å². The van der Waals surface area contributed by atoms with Gasteiger partial charge in [-0.15, -0.1) is 0 Å². The second kappa shape index (κ2) is 8.44. The van der Waals surface area contributed by atoms with Gasteiger partial charge in [-0.2, -0.15) is 0 Å². The van der Waals surface area contributed by atoms with Crippen molar-refractivity contribution in [2.75, 3.05) is 5.75 Å². The van der Waals surface area contributed by atoms with E-state index < -0.39 is 38.1 Å². The van der Waals surface area contributed by atoms with Crippen molar-refractivity contribution in [2.45, 2.75) is 50.3 Å². The summed E-state index contributed by atoms with van der Waals surface area (Å²) in [6, 6.07) is 5.20. The number of rotatable bonds is 10. The van der Waals surface area contributed by atoms with Crippen molar-refractivity contribution < 1.29 is 23.1 Å². The number of aromatic hydroxyl groups is 1. The highest BCUT2D eigenvalue weighted by Crippen LogP contribution is 2.22. The van der Waals surface area contributed by atoms with Crippen LogP contribution in [0.1, 0.15) is 49.9 Å². The number of sulfone groups is 1. The van der Waals surface area contributed by atoms with Crippen LogP contribution in [-0.4, -0.2) is 41.8 Å². The molecule has 0 aromatic heterocycles. The van der Waals surface area contributed by atoms with Crippen LogP contribution in [-0.2, 0) is 14.6 Å². The van der Waals surface area contributed by atoms with Gasteiger partial charge in [0.1, 0.15) is 5.75 Å². The number of phenols is 1. The first-order valence-corrected chi connectivity index (χ1v) is 9.94. The van der Waals surface area contributed by atoms with Crippen LogP contribution in [0.3, 0.4) is 0 Å². The molecule has 25 heavy (non-hydrogen) atoms. The van der Waals surface area contributed by atoms with Crippen molar-refractivity contribution in [1.82, 2.24) is 0 Å². The molecule has 0 aliphatic heterocycles. The van der Waals surface area contributed by atoms with Gasteiger partial charge in [0.05, 0.1) is 11.0 Å². The Morgan fingerprint density at radius 1 is 1.20 bits per heavy atom. The van der Waals surface area contributed by atoms with Crippen molar-refractivity contribution in [3.05, 3.63) is 29.8 Å². The number of amides is 1. The van der Waals surface area contributed by atoms with Gasteiger partial charge in [-0.3, -0.25) is 9.59 Å². The Kier molecular flexibility index (Phi) is 7.13. The zero-order valence-electron chi connectivity index (χ0n) is 14.6. The number of hydrogen-bond acceptors (Lipinski definition) is 6. The van der Waals surface area contributed by atoms with Crippen molar-refractivity contribution >= 4 is 21.5 Å². The van der Waals surface area contributed by atoms with Crippen molar-refractivity contribution in [1.29, 1.82) is 0 Å². The lowest BCUT2D eigenvalue weighted by atomic mass is 9.91. The highest BCUT2D eigenvalue weighted by molar-refractivity contribution is 7.92. The second-order valence-corrected chi connectivity index (χ2v) is 8.50. The molecule has 0 unspecified atom stereocenters. The smallest absolute Gasteiger partial charge is 0.246 e. The minimum atomic E-state index is -3.82. The summed E-state index contributed by atoms with van der Waals surface area (Å²) in [5.74, 6) is -3.19. The molecule has 1 aromatic rings. The number of phenolic OH excluding ortho intramolecular Hbond substituents is 1. The maximum atomic E-state index is 12.7. The molecule has 0 radical (unpaired) electrons. The zero-order chi connectivity index (χ0) is 19.3. The summed E-state index contributed by atoms with van der Waals surface area (Å²) in [6.07, 6.45) is 2.15.